The smallest absolute Gasteiger partial charge is 0.248 e. The Morgan fingerprint density at radius 2 is 2.00 bits per heavy atom. The third-order valence-electron chi connectivity index (χ3n) is 5.68. The van der Waals surface area contributed by atoms with E-state index in [-0.39, 0.29) is 23.9 Å². The van der Waals surface area contributed by atoms with Crippen LogP contribution in [0.4, 0.5) is 10.1 Å². The summed E-state index contributed by atoms with van der Waals surface area (Å²) in [5, 5.41) is 16.9. The minimum atomic E-state index is -1.51. The van der Waals surface area contributed by atoms with E-state index in [4.69, 9.17) is 10.5 Å². The summed E-state index contributed by atoms with van der Waals surface area (Å²) in [4.78, 5) is 15.5. The summed E-state index contributed by atoms with van der Waals surface area (Å²) < 4.78 is 19.9. The van der Waals surface area contributed by atoms with E-state index < -0.39 is 17.1 Å². The number of aromatic amines is 1. The number of benzene rings is 2. The Bertz CT molecular complexity index is 1290. The monoisotopic (exact) mass is 401 g/mol. The highest BCUT2D eigenvalue weighted by atomic mass is 19.1. The van der Waals surface area contributed by atoms with Gasteiger partial charge in [-0.2, -0.15) is 5.26 Å². The van der Waals surface area contributed by atoms with Crippen LogP contribution in [0.3, 0.4) is 0 Å². The van der Waals surface area contributed by atoms with Crippen molar-refractivity contribution in [3.8, 4) is 11.9 Å². The van der Waals surface area contributed by atoms with E-state index in [1.165, 1.54) is 11.0 Å². The van der Waals surface area contributed by atoms with Gasteiger partial charge in [0.05, 0.1) is 12.1 Å². The second kappa shape index (κ2) is 6.19. The van der Waals surface area contributed by atoms with E-state index in [0.717, 1.165) is 0 Å². The van der Waals surface area contributed by atoms with Crippen LogP contribution in [0.2, 0.25) is 0 Å². The summed E-state index contributed by atoms with van der Waals surface area (Å²) in [6.45, 7) is 1.76. The molecule has 3 aromatic rings. The minimum absolute atomic E-state index is 0.00650. The molecule has 2 aromatic carbocycles. The number of carbonyl (C=O) groups is 1. The Hall–Kier alpha value is -4.12. The SMILES string of the molecule is Cc1[nH]nc2c1C1(C(=O)N(Cc3ccccc3F)c3ccccc31)C(C#N)=C(N)O2. The molecule has 1 atom stereocenters. The number of H-pyrrole nitrogens is 1. The van der Waals surface area contributed by atoms with Gasteiger partial charge in [0, 0.05) is 22.5 Å². The highest BCUT2D eigenvalue weighted by molar-refractivity contribution is 6.14. The van der Waals surface area contributed by atoms with Crippen LogP contribution in [-0.4, -0.2) is 16.1 Å². The van der Waals surface area contributed by atoms with Gasteiger partial charge >= 0.3 is 0 Å². The molecule has 1 amide bonds. The normalized spacial score (nSPS) is 19.5. The molecule has 30 heavy (non-hydrogen) atoms. The predicted molar refractivity (Wildman–Crippen MR) is 106 cm³/mol. The largest absolute Gasteiger partial charge is 0.420 e. The number of fused-ring (bicyclic) bond motifs is 4. The van der Waals surface area contributed by atoms with Crippen molar-refractivity contribution in [2.24, 2.45) is 5.73 Å². The molecule has 0 aliphatic carbocycles. The van der Waals surface area contributed by atoms with Crippen molar-refractivity contribution in [1.29, 1.82) is 5.26 Å². The Morgan fingerprint density at radius 1 is 1.27 bits per heavy atom. The molecule has 1 spiro atoms. The Labute approximate surface area is 171 Å². The number of halogens is 1. The fraction of sp³-hybridized carbons (Fsp3) is 0.136. The Morgan fingerprint density at radius 3 is 2.77 bits per heavy atom. The summed E-state index contributed by atoms with van der Waals surface area (Å²) in [5.41, 5.74) is 7.11. The maximum atomic E-state index is 14.4. The lowest BCUT2D eigenvalue weighted by Gasteiger charge is -2.32. The maximum absolute atomic E-state index is 14.4. The van der Waals surface area contributed by atoms with Gasteiger partial charge in [-0.3, -0.25) is 9.89 Å². The average Bonchev–Trinajstić information content (AvgIpc) is 3.22. The Kier molecular flexibility index (Phi) is 3.70. The first-order valence-electron chi connectivity index (χ1n) is 9.28. The number of nitrogens with one attached hydrogen (secondary N) is 1. The molecule has 148 valence electrons. The molecule has 3 heterocycles. The molecule has 1 unspecified atom stereocenters. The third kappa shape index (κ3) is 2.12. The van der Waals surface area contributed by atoms with Crippen LogP contribution >= 0.6 is 0 Å². The van der Waals surface area contributed by atoms with E-state index in [9.17, 15) is 14.4 Å². The van der Waals surface area contributed by atoms with Crippen LogP contribution in [0.15, 0.2) is 60.0 Å². The molecule has 0 saturated carbocycles. The number of nitrogens with zero attached hydrogens (tertiary/aromatic N) is 3. The molecule has 0 saturated heterocycles. The van der Waals surface area contributed by atoms with E-state index in [1.807, 2.05) is 0 Å². The summed E-state index contributed by atoms with van der Waals surface area (Å²) in [5.74, 6) is -0.834. The summed E-state index contributed by atoms with van der Waals surface area (Å²) >= 11 is 0. The highest BCUT2D eigenvalue weighted by Gasteiger charge is 2.60. The van der Waals surface area contributed by atoms with Crippen molar-refractivity contribution in [1.82, 2.24) is 10.2 Å². The van der Waals surface area contributed by atoms with Gasteiger partial charge in [-0.25, -0.2) is 4.39 Å². The summed E-state index contributed by atoms with van der Waals surface area (Å²) in [7, 11) is 0. The average molecular weight is 401 g/mol. The zero-order valence-corrected chi connectivity index (χ0v) is 15.9. The lowest BCUT2D eigenvalue weighted by atomic mass is 9.69. The molecule has 1 aromatic heterocycles. The van der Waals surface area contributed by atoms with Gasteiger partial charge in [-0.05, 0) is 19.1 Å². The van der Waals surface area contributed by atoms with Crippen molar-refractivity contribution in [3.63, 3.8) is 0 Å². The number of hydrogen-bond donors (Lipinski definition) is 2. The zero-order valence-electron chi connectivity index (χ0n) is 15.9. The van der Waals surface area contributed by atoms with Gasteiger partial charge in [-0.15, -0.1) is 5.10 Å². The second-order valence-corrected chi connectivity index (χ2v) is 7.23. The number of hydrogen-bond acceptors (Lipinski definition) is 5. The van der Waals surface area contributed by atoms with Crippen molar-refractivity contribution >= 4 is 11.6 Å². The second-order valence-electron chi connectivity index (χ2n) is 7.23. The minimum Gasteiger partial charge on any atom is -0.420 e. The number of ether oxygens (including phenoxy) is 1. The number of nitriles is 1. The fourth-order valence-corrected chi connectivity index (χ4v) is 4.42. The van der Waals surface area contributed by atoms with E-state index in [0.29, 0.717) is 28.1 Å². The lowest BCUT2D eigenvalue weighted by molar-refractivity contribution is -0.121. The number of aryl methyl sites for hydroxylation is 1. The quantitative estimate of drug-likeness (QED) is 0.687. The summed E-state index contributed by atoms with van der Waals surface area (Å²) in [6, 6.07) is 15.5. The number of aromatic nitrogens is 2. The number of carbonyl (C=O) groups excluding carboxylic acids is 1. The Balaban J connectivity index is 1.80. The fourth-order valence-electron chi connectivity index (χ4n) is 4.42. The molecule has 0 bridgehead atoms. The molecular weight excluding hydrogens is 385 g/mol. The van der Waals surface area contributed by atoms with E-state index in [1.54, 1.807) is 49.4 Å². The van der Waals surface area contributed by atoms with Gasteiger partial charge in [-0.1, -0.05) is 36.4 Å². The molecule has 7 nitrogen and oxygen atoms in total. The van der Waals surface area contributed by atoms with Gasteiger partial charge < -0.3 is 15.4 Å². The molecular formula is C22H16FN5O2. The van der Waals surface area contributed by atoms with Crippen molar-refractivity contribution in [3.05, 3.63) is 88.2 Å². The van der Waals surface area contributed by atoms with Crippen molar-refractivity contribution in [2.75, 3.05) is 4.90 Å². The maximum Gasteiger partial charge on any atom is 0.248 e. The van der Waals surface area contributed by atoms with E-state index in [2.05, 4.69) is 16.3 Å². The zero-order chi connectivity index (χ0) is 21.0. The van der Waals surface area contributed by atoms with Crippen LogP contribution in [-0.2, 0) is 16.8 Å². The standard InChI is InChI=1S/C22H16FN5O2/c1-12-18-20(27-26-12)30-19(25)15(10-24)22(18)14-7-3-5-9-17(14)28(21(22)29)11-13-6-2-4-8-16(13)23/h2-9H,11,25H2,1H3,(H,26,27). The van der Waals surface area contributed by atoms with Crippen LogP contribution in [0.1, 0.15) is 22.4 Å². The van der Waals surface area contributed by atoms with Gasteiger partial charge in [0.15, 0.2) is 0 Å². The first-order chi connectivity index (χ1) is 14.5. The first-order valence-corrected chi connectivity index (χ1v) is 9.28. The highest BCUT2D eigenvalue weighted by Crippen LogP contribution is 2.55. The number of rotatable bonds is 2. The molecule has 0 radical (unpaired) electrons. The van der Waals surface area contributed by atoms with Gasteiger partial charge in [0.1, 0.15) is 22.9 Å². The molecule has 2 aliphatic heterocycles. The lowest BCUT2D eigenvalue weighted by Crippen LogP contribution is -2.46. The number of anilines is 1. The number of nitrogens with two attached hydrogens (primary N) is 1. The van der Waals surface area contributed by atoms with E-state index >= 15 is 0 Å². The molecule has 3 N–H and O–H groups in total. The molecule has 0 fully saturated rings. The topological polar surface area (TPSA) is 108 Å². The number of amides is 1. The van der Waals surface area contributed by atoms with Crippen LogP contribution < -0.4 is 15.4 Å². The predicted octanol–water partition coefficient (Wildman–Crippen LogP) is 2.78. The van der Waals surface area contributed by atoms with Crippen molar-refractivity contribution < 1.29 is 13.9 Å². The number of para-hydroxylation sites is 1. The molecule has 8 heteroatoms. The molecule has 2 aliphatic rings. The van der Waals surface area contributed by atoms with Crippen molar-refractivity contribution in [2.45, 2.75) is 18.9 Å². The van der Waals surface area contributed by atoms with Crippen LogP contribution in [0, 0.1) is 24.1 Å². The van der Waals surface area contributed by atoms with Crippen LogP contribution in [0.5, 0.6) is 5.88 Å². The first kappa shape index (κ1) is 17.9. The molecule has 5 rings (SSSR count). The summed E-state index contributed by atoms with van der Waals surface area (Å²) in [6.07, 6.45) is 0. The third-order valence-corrected chi connectivity index (χ3v) is 5.68. The van der Waals surface area contributed by atoms with Gasteiger partial charge in [0.25, 0.3) is 0 Å². The van der Waals surface area contributed by atoms with Crippen LogP contribution in [0.25, 0.3) is 0 Å². The van der Waals surface area contributed by atoms with Gasteiger partial charge in [0.2, 0.25) is 17.7 Å².